The van der Waals surface area contributed by atoms with Gasteiger partial charge in [0.05, 0.1) is 17.3 Å². The van der Waals surface area contributed by atoms with Crippen molar-refractivity contribution in [2.45, 2.75) is 13.0 Å². The molecule has 1 aromatic heterocycles. The SMILES string of the molecule is CC(NC(=O)c1ccc(Cl)cc1-n1cnnn1)c1ccccc1. The van der Waals surface area contributed by atoms with Crippen LogP contribution >= 0.6 is 11.6 Å². The highest BCUT2D eigenvalue weighted by Crippen LogP contribution is 2.20. The number of carbonyl (C=O) groups excluding carboxylic acids is 1. The molecule has 6 nitrogen and oxygen atoms in total. The Kier molecular flexibility index (Phi) is 4.34. The third-order valence-electron chi connectivity index (χ3n) is 3.45. The fourth-order valence-electron chi connectivity index (χ4n) is 2.26. The number of hydrogen-bond acceptors (Lipinski definition) is 4. The zero-order valence-electron chi connectivity index (χ0n) is 12.3. The molecular weight excluding hydrogens is 314 g/mol. The van der Waals surface area contributed by atoms with E-state index >= 15 is 0 Å². The molecule has 2 aromatic carbocycles. The Hall–Kier alpha value is -2.73. The second-order valence-corrected chi connectivity index (χ2v) is 5.46. The van der Waals surface area contributed by atoms with E-state index in [1.165, 1.54) is 11.0 Å². The zero-order valence-corrected chi connectivity index (χ0v) is 13.1. The minimum atomic E-state index is -0.219. The Morgan fingerprint density at radius 2 is 2.00 bits per heavy atom. The highest BCUT2D eigenvalue weighted by molar-refractivity contribution is 6.31. The topological polar surface area (TPSA) is 72.7 Å². The summed E-state index contributed by atoms with van der Waals surface area (Å²) in [5.41, 5.74) is 2.00. The van der Waals surface area contributed by atoms with Crippen LogP contribution in [0.3, 0.4) is 0 Å². The summed E-state index contributed by atoms with van der Waals surface area (Å²) >= 11 is 6.03. The van der Waals surface area contributed by atoms with Crippen LogP contribution in [0.1, 0.15) is 28.9 Å². The minimum Gasteiger partial charge on any atom is -0.345 e. The van der Waals surface area contributed by atoms with Crippen LogP contribution in [0.25, 0.3) is 5.69 Å². The first kappa shape index (κ1) is 15.2. The maximum absolute atomic E-state index is 12.6. The van der Waals surface area contributed by atoms with Crippen molar-refractivity contribution >= 4 is 17.5 Å². The minimum absolute atomic E-state index is 0.124. The largest absolute Gasteiger partial charge is 0.345 e. The lowest BCUT2D eigenvalue weighted by molar-refractivity contribution is 0.0939. The van der Waals surface area contributed by atoms with Crippen molar-refractivity contribution in [1.82, 2.24) is 25.5 Å². The molecule has 1 N–H and O–H groups in total. The van der Waals surface area contributed by atoms with Crippen molar-refractivity contribution in [3.8, 4) is 5.69 Å². The molecule has 1 amide bonds. The van der Waals surface area contributed by atoms with Gasteiger partial charge >= 0.3 is 0 Å². The zero-order chi connectivity index (χ0) is 16.2. The Morgan fingerprint density at radius 1 is 1.22 bits per heavy atom. The summed E-state index contributed by atoms with van der Waals surface area (Å²) < 4.78 is 1.41. The fraction of sp³-hybridized carbons (Fsp3) is 0.125. The van der Waals surface area contributed by atoms with Gasteiger partial charge in [-0.25, -0.2) is 0 Å². The predicted octanol–water partition coefficient (Wildman–Crippen LogP) is 2.81. The molecule has 0 aliphatic rings. The van der Waals surface area contributed by atoms with E-state index < -0.39 is 0 Å². The van der Waals surface area contributed by atoms with Crippen molar-refractivity contribution in [2.24, 2.45) is 0 Å². The molecule has 0 radical (unpaired) electrons. The van der Waals surface area contributed by atoms with Crippen molar-refractivity contribution in [3.63, 3.8) is 0 Å². The van der Waals surface area contributed by atoms with Crippen LogP contribution in [0, 0.1) is 0 Å². The molecule has 1 atom stereocenters. The summed E-state index contributed by atoms with van der Waals surface area (Å²) in [6, 6.07) is 14.6. The van der Waals surface area contributed by atoms with E-state index in [4.69, 9.17) is 11.6 Å². The molecule has 0 bridgehead atoms. The maximum Gasteiger partial charge on any atom is 0.253 e. The molecule has 0 fully saturated rings. The number of hydrogen-bond donors (Lipinski definition) is 1. The lowest BCUT2D eigenvalue weighted by atomic mass is 10.1. The molecule has 7 heteroatoms. The molecule has 3 aromatic rings. The Balaban J connectivity index is 1.88. The average Bonchev–Trinajstić information content (AvgIpc) is 3.09. The van der Waals surface area contributed by atoms with E-state index in [2.05, 4.69) is 20.8 Å². The molecule has 0 saturated heterocycles. The standard InChI is InChI=1S/C16H14ClN5O/c1-11(12-5-3-2-4-6-12)19-16(23)14-8-7-13(17)9-15(14)22-10-18-20-21-22/h2-11H,1H3,(H,19,23). The van der Waals surface area contributed by atoms with E-state index in [1.807, 2.05) is 37.3 Å². The number of amides is 1. The van der Waals surface area contributed by atoms with E-state index in [0.29, 0.717) is 16.3 Å². The van der Waals surface area contributed by atoms with Gasteiger partial charge in [0, 0.05) is 5.02 Å². The van der Waals surface area contributed by atoms with Crippen LogP contribution in [0.5, 0.6) is 0 Å². The molecule has 0 spiro atoms. The van der Waals surface area contributed by atoms with Crippen molar-refractivity contribution in [2.75, 3.05) is 0 Å². The molecule has 0 saturated carbocycles. The molecule has 116 valence electrons. The van der Waals surface area contributed by atoms with E-state index in [1.54, 1.807) is 18.2 Å². The summed E-state index contributed by atoms with van der Waals surface area (Å²) in [6.45, 7) is 1.93. The molecular formula is C16H14ClN5O. The number of carbonyl (C=O) groups is 1. The second kappa shape index (κ2) is 6.58. The van der Waals surface area contributed by atoms with Gasteiger partial charge in [-0.1, -0.05) is 41.9 Å². The second-order valence-electron chi connectivity index (χ2n) is 5.02. The van der Waals surface area contributed by atoms with E-state index in [9.17, 15) is 4.79 Å². The average molecular weight is 328 g/mol. The van der Waals surface area contributed by atoms with Gasteiger partial charge in [-0.15, -0.1) is 5.10 Å². The fourth-order valence-corrected chi connectivity index (χ4v) is 2.42. The third-order valence-corrected chi connectivity index (χ3v) is 3.68. The molecule has 0 aliphatic carbocycles. The van der Waals surface area contributed by atoms with Crippen LogP contribution in [0.4, 0.5) is 0 Å². The highest BCUT2D eigenvalue weighted by atomic mass is 35.5. The summed E-state index contributed by atoms with van der Waals surface area (Å²) in [6.07, 6.45) is 1.42. The first-order valence-electron chi connectivity index (χ1n) is 7.04. The summed E-state index contributed by atoms with van der Waals surface area (Å²) in [5.74, 6) is -0.219. The van der Waals surface area contributed by atoms with Gasteiger partial charge in [0.25, 0.3) is 5.91 Å². The predicted molar refractivity (Wildman–Crippen MR) is 86.5 cm³/mol. The van der Waals surface area contributed by atoms with Gasteiger partial charge < -0.3 is 5.32 Å². The van der Waals surface area contributed by atoms with Crippen molar-refractivity contribution < 1.29 is 4.79 Å². The van der Waals surface area contributed by atoms with Crippen LogP contribution in [-0.2, 0) is 0 Å². The Morgan fingerprint density at radius 3 is 2.70 bits per heavy atom. The summed E-state index contributed by atoms with van der Waals surface area (Å²) in [4.78, 5) is 12.6. The van der Waals surface area contributed by atoms with Crippen molar-refractivity contribution in [3.05, 3.63) is 71.0 Å². The number of nitrogens with zero attached hydrogens (tertiary/aromatic N) is 4. The van der Waals surface area contributed by atoms with Crippen LogP contribution in [0.2, 0.25) is 5.02 Å². The quantitative estimate of drug-likeness (QED) is 0.799. The van der Waals surface area contributed by atoms with Gasteiger partial charge in [0.2, 0.25) is 0 Å². The summed E-state index contributed by atoms with van der Waals surface area (Å²) in [5, 5.41) is 14.5. The van der Waals surface area contributed by atoms with E-state index in [0.717, 1.165) is 5.56 Å². The molecule has 23 heavy (non-hydrogen) atoms. The number of benzene rings is 2. The normalized spacial score (nSPS) is 11.9. The Bertz CT molecular complexity index is 805. The van der Waals surface area contributed by atoms with Gasteiger partial charge in [0.15, 0.2) is 0 Å². The number of aromatic nitrogens is 4. The van der Waals surface area contributed by atoms with Crippen molar-refractivity contribution in [1.29, 1.82) is 0 Å². The van der Waals surface area contributed by atoms with Crippen LogP contribution in [0.15, 0.2) is 54.9 Å². The highest BCUT2D eigenvalue weighted by Gasteiger charge is 2.17. The number of nitrogens with one attached hydrogen (secondary N) is 1. The van der Waals surface area contributed by atoms with Gasteiger partial charge in [-0.2, -0.15) is 4.68 Å². The van der Waals surface area contributed by atoms with Gasteiger partial charge in [0.1, 0.15) is 6.33 Å². The third kappa shape index (κ3) is 3.37. The lowest BCUT2D eigenvalue weighted by Gasteiger charge is -2.16. The molecule has 3 rings (SSSR count). The van der Waals surface area contributed by atoms with Gasteiger partial charge in [-0.3, -0.25) is 4.79 Å². The van der Waals surface area contributed by atoms with Crippen LogP contribution < -0.4 is 5.32 Å². The van der Waals surface area contributed by atoms with Crippen LogP contribution in [-0.4, -0.2) is 26.1 Å². The first-order chi connectivity index (χ1) is 11.1. The number of tetrazole rings is 1. The summed E-state index contributed by atoms with van der Waals surface area (Å²) in [7, 11) is 0. The smallest absolute Gasteiger partial charge is 0.253 e. The van der Waals surface area contributed by atoms with E-state index in [-0.39, 0.29) is 11.9 Å². The molecule has 1 heterocycles. The lowest BCUT2D eigenvalue weighted by Crippen LogP contribution is -2.27. The van der Waals surface area contributed by atoms with Gasteiger partial charge in [-0.05, 0) is 41.1 Å². The number of halogens is 1. The monoisotopic (exact) mass is 327 g/mol. The first-order valence-corrected chi connectivity index (χ1v) is 7.41. The maximum atomic E-state index is 12.6. The number of rotatable bonds is 4. The molecule has 1 unspecified atom stereocenters. The Labute approximate surface area is 138 Å². The molecule has 0 aliphatic heterocycles.